The summed E-state index contributed by atoms with van der Waals surface area (Å²) in [6, 6.07) is 18.5. The third-order valence-electron chi connectivity index (χ3n) is 3.93. The van der Waals surface area contributed by atoms with E-state index in [1.54, 1.807) is 18.9 Å². The van der Waals surface area contributed by atoms with Crippen LogP contribution in [0.25, 0.3) is 0 Å². The molecule has 0 aliphatic carbocycles. The van der Waals surface area contributed by atoms with Crippen molar-refractivity contribution >= 4 is 11.8 Å². The standard InChI is InChI=1S/C20H22N2O2S/c1-24-19-9-7-17(8-10-19)13-22-14-18(15-23)21-20(22)25-12-11-16-5-3-2-4-6-16/h2-10,14,23H,11-13,15H2,1H3. The Kier molecular flexibility index (Phi) is 6.14. The van der Waals surface area contributed by atoms with E-state index in [2.05, 4.69) is 45.9 Å². The van der Waals surface area contributed by atoms with Gasteiger partial charge in [0.25, 0.3) is 0 Å². The monoisotopic (exact) mass is 354 g/mol. The Morgan fingerprint density at radius 1 is 1.04 bits per heavy atom. The summed E-state index contributed by atoms with van der Waals surface area (Å²) in [4.78, 5) is 4.54. The SMILES string of the molecule is COc1ccc(Cn2cc(CO)nc2SCCc2ccccc2)cc1. The zero-order valence-electron chi connectivity index (χ0n) is 14.3. The molecule has 3 rings (SSSR count). The van der Waals surface area contributed by atoms with Crippen LogP contribution in [0.4, 0.5) is 0 Å². The zero-order valence-corrected chi connectivity index (χ0v) is 15.1. The molecule has 25 heavy (non-hydrogen) atoms. The van der Waals surface area contributed by atoms with Gasteiger partial charge >= 0.3 is 0 Å². The molecule has 1 N–H and O–H groups in total. The molecule has 4 nitrogen and oxygen atoms in total. The van der Waals surface area contributed by atoms with Crippen LogP contribution >= 0.6 is 11.8 Å². The lowest BCUT2D eigenvalue weighted by molar-refractivity contribution is 0.277. The quantitative estimate of drug-likeness (QED) is 0.626. The van der Waals surface area contributed by atoms with Gasteiger partial charge in [0.15, 0.2) is 5.16 Å². The molecule has 0 saturated heterocycles. The number of aryl methyl sites for hydroxylation is 1. The summed E-state index contributed by atoms with van der Waals surface area (Å²) in [6.07, 6.45) is 2.92. The Balaban J connectivity index is 1.67. The van der Waals surface area contributed by atoms with Crippen LogP contribution in [-0.2, 0) is 19.6 Å². The van der Waals surface area contributed by atoms with Crippen molar-refractivity contribution in [2.24, 2.45) is 0 Å². The van der Waals surface area contributed by atoms with E-state index < -0.39 is 0 Å². The topological polar surface area (TPSA) is 47.3 Å². The van der Waals surface area contributed by atoms with Crippen LogP contribution in [0.2, 0.25) is 0 Å². The molecule has 0 saturated carbocycles. The summed E-state index contributed by atoms with van der Waals surface area (Å²) in [5.41, 5.74) is 3.20. The van der Waals surface area contributed by atoms with Crippen molar-refractivity contribution < 1.29 is 9.84 Å². The van der Waals surface area contributed by atoms with Gasteiger partial charge in [-0.3, -0.25) is 0 Å². The van der Waals surface area contributed by atoms with Gasteiger partial charge in [0.1, 0.15) is 5.75 Å². The van der Waals surface area contributed by atoms with Crippen LogP contribution in [0.5, 0.6) is 5.75 Å². The summed E-state index contributed by atoms with van der Waals surface area (Å²) >= 11 is 1.72. The van der Waals surface area contributed by atoms with Gasteiger partial charge < -0.3 is 14.4 Å². The van der Waals surface area contributed by atoms with E-state index in [-0.39, 0.29) is 6.61 Å². The maximum Gasteiger partial charge on any atom is 0.168 e. The molecule has 5 heteroatoms. The normalized spacial score (nSPS) is 10.8. The van der Waals surface area contributed by atoms with E-state index in [0.717, 1.165) is 29.6 Å². The van der Waals surface area contributed by atoms with Crippen molar-refractivity contribution in [3.05, 3.63) is 77.6 Å². The Bertz CT molecular complexity index is 785. The first kappa shape index (κ1) is 17.6. The minimum absolute atomic E-state index is 0.0398. The molecular formula is C20H22N2O2S. The third-order valence-corrected chi connectivity index (χ3v) is 4.92. The number of aliphatic hydroxyl groups is 1. The second-order valence-electron chi connectivity index (χ2n) is 5.73. The molecule has 0 aliphatic rings. The van der Waals surface area contributed by atoms with Gasteiger partial charge in [-0.2, -0.15) is 0 Å². The van der Waals surface area contributed by atoms with Gasteiger partial charge in [0, 0.05) is 18.5 Å². The van der Waals surface area contributed by atoms with Gasteiger partial charge in [-0.15, -0.1) is 0 Å². The highest BCUT2D eigenvalue weighted by atomic mass is 32.2. The first-order chi connectivity index (χ1) is 12.3. The largest absolute Gasteiger partial charge is 0.497 e. The Labute approximate surface area is 152 Å². The number of rotatable bonds is 8. The number of imidazole rings is 1. The van der Waals surface area contributed by atoms with E-state index in [1.165, 1.54) is 11.1 Å². The van der Waals surface area contributed by atoms with Crippen molar-refractivity contribution in [3.63, 3.8) is 0 Å². The van der Waals surface area contributed by atoms with Crippen molar-refractivity contribution in [3.8, 4) is 5.75 Å². The second-order valence-corrected chi connectivity index (χ2v) is 6.80. The fraction of sp³-hybridized carbons (Fsp3) is 0.250. The number of hydrogen-bond donors (Lipinski definition) is 1. The predicted octanol–water partition coefficient (Wildman–Crippen LogP) is 3.77. The smallest absolute Gasteiger partial charge is 0.168 e. The predicted molar refractivity (Wildman–Crippen MR) is 101 cm³/mol. The van der Waals surface area contributed by atoms with E-state index >= 15 is 0 Å². The highest BCUT2D eigenvalue weighted by Gasteiger charge is 2.09. The Morgan fingerprint density at radius 3 is 2.48 bits per heavy atom. The molecule has 130 valence electrons. The summed E-state index contributed by atoms with van der Waals surface area (Å²) < 4.78 is 7.30. The summed E-state index contributed by atoms with van der Waals surface area (Å²) in [7, 11) is 1.67. The van der Waals surface area contributed by atoms with E-state index in [0.29, 0.717) is 5.69 Å². The molecule has 0 unspecified atom stereocenters. The average Bonchev–Trinajstić information content (AvgIpc) is 3.05. The molecule has 2 aromatic carbocycles. The fourth-order valence-electron chi connectivity index (χ4n) is 2.59. The number of nitrogens with zero attached hydrogens (tertiary/aromatic N) is 2. The third kappa shape index (κ3) is 4.87. The van der Waals surface area contributed by atoms with Crippen molar-refractivity contribution in [2.45, 2.75) is 24.7 Å². The van der Waals surface area contributed by atoms with Crippen LogP contribution in [0.3, 0.4) is 0 Å². The van der Waals surface area contributed by atoms with E-state index in [4.69, 9.17) is 4.74 Å². The Morgan fingerprint density at radius 2 is 1.80 bits per heavy atom. The second kappa shape index (κ2) is 8.74. The van der Waals surface area contributed by atoms with Crippen LogP contribution in [-0.4, -0.2) is 27.5 Å². The molecule has 1 aromatic heterocycles. The van der Waals surface area contributed by atoms with Gasteiger partial charge in [-0.25, -0.2) is 4.98 Å². The van der Waals surface area contributed by atoms with Crippen molar-refractivity contribution in [1.29, 1.82) is 0 Å². The van der Waals surface area contributed by atoms with Gasteiger partial charge in [-0.1, -0.05) is 54.2 Å². The number of hydrogen-bond acceptors (Lipinski definition) is 4. The molecular weight excluding hydrogens is 332 g/mol. The minimum atomic E-state index is -0.0398. The number of benzene rings is 2. The van der Waals surface area contributed by atoms with Gasteiger partial charge in [0.05, 0.1) is 19.4 Å². The highest BCUT2D eigenvalue weighted by Crippen LogP contribution is 2.21. The first-order valence-corrected chi connectivity index (χ1v) is 9.23. The molecule has 0 fully saturated rings. The highest BCUT2D eigenvalue weighted by molar-refractivity contribution is 7.99. The molecule has 0 aliphatic heterocycles. The van der Waals surface area contributed by atoms with Crippen LogP contribution in [0.1, 0.15) is 16.8 Å². The van der Waals surface area contributed by atoms with Crippen LogP contribution in [0.15, 0.2) is 66.0 Å². The van der Waals surface area contributed by atoms with Crippen LogP contribution in [0, 0.1) is 0 Å². The lowest BCUT2D eigenvalue weighted by Gasteiger charge is -2.08. The molecule has 0 spiro atoms. The van der Waals surface area contributed by atoms with Crippen molar-refractivity contribution in [2.75, 3.05) is 12.9 Å². The number of ether oxygens (including phenoxy) is 1. The van der Waals surface area contributed by atoms with Crippen LogP contribution < -0.4 is 4.74 Å². The lowest BCUT2D eigenvalue weighted by Crippen LogP contribution is -2.01. The maximum absolute atomic E-state index is 9.41. The fourth-order valence-corrected chi connectivity index (χ4v) is 3.57. The van der Waals surface area contributed by atoms with Gasteiger partial charge in [0.2, 0.25) is 0 Å². The molecule has 0 bridgehead atoms. The minimum Gasteiger partial charge on any atom is -0.497 e. The summed E-state index contributed by atoms with van der Waals surface area (Å²) in [5.74, 6) is 1.80. The lowest BCUT2D eigenvalue weighted by atomic mass is 10.2. The zero-order chi connectivity index (χ0) is 17.5. The molecule has 1 heterocycles. The summed E-state index contributed by atoms with van der Waals surface area (Å²) in [5, 5.41) is 10.4. The van der Waals surface area contributed by atoms with Gasteiger partial charge in [-0.05, 0) is 29.7 Å². The van der Waals surface area contributed by atoms with E-state index in [1.807, 2.05) is 24.4 Å². The van der Waals surface area contributed by atoms with Crippen molar-refractivity contribution in [1.82, 2.24) is 9.55 Å². The first-order valence-electron chi connectivity index (χ1n) is 8.25. The Hall–Kier alpha value is -2.24. The molecule has 0 amide bonds. The number of aromatic nitrogens is 2. The number of methoxy groups -OCH3 is 1. The molecule has 3 aromatic rings. The van der Waals surface area contributed by atoms with E-state index in [9.17, 15) is 5.11 Å². The summed E-state index contributed by atoms with van der Waals surface area (Å²) in [6.45, 7) is 0.687. The molecule has 0 atom stereocenters. The number of thioether (sulfide) groups is 1. The number of aliphatic hydroxyl groups excluding tert-OH is 1. The average molecular weight is 354 g/mol. The maximum atomic E-state index is 9.41. The molecule has 0 radical (unpaired) electrons.